The summed E-state index contributed by atoms with van der Waals surface area (Å²) in [7, 11) is 0. The Morgan fingerprint density at radius 3 is 2.33 bits per heavy atom. The van der Waals surface area contributed by atoms with Crippen LogP contribution in [0.5, 0.6) is 0 Å². The van der Waals surface area contributed by atoms with Crippen molar-refractivity contribution in [1.29, 1.82) is 0 Å². The molecule has 0 fully saturated rings. The molecule has 0 saturated heterocycles. The number of hydrogen-bond donors (Lipinski definition) is 0. The summed E-state index contributed by atoms with van der Waals surface area (Å²) in [5.74, 6) is 0.967. The molecule has 0 aromatic heterocycles. The van der Waals surface area contributed by atoms with Gasteiger partial charge in [-0.2, -0.15) is 0 Å². The SMILES string of the molecule is S=P(Br)(Br)SCc1ccccc1. The summed E-state index contributed by atoms with van der Waals surface area (Å²) in [6, 6.07) is 10.3. The molecule has 0 N–H and O–H groups in total. The minimum atomic E-state index is -1.46. The Hall–Kier alpha value is 1.18. The molecule has 0 amide bonds. The first-order chi connectivity index (χ1) is 5.58. The zero-order valence-corrected chi connectivity index (χ0v) is 11.8. The maximum absolute atomic E-state index is 5.19. The number of benzene rings is 1. The molecule has 0 nitrogen and oxygen atoms in total. The molecule has 0 heterocycles. The Bertz CT molecular complexity index is 283. The average molecular weight is 346 g/mol. The van der Waals surface area contributed by atoms with Gasteiger partial charge in [-0.15, -0.1) is 0 Å². The second-order valence-electron chi connectivity index (χ2n) is 2.17. The van der Waals surface area contributed by atoms with Gasteiger partial charge < -0.3 is 0 Å². The van der Waals surface area contributed by atoms with Crippen LogP contribution >= 0.6 is 45.0 Å². The van der Waals surface area contributed by atoms with Crippen molar-refractivity contribution in [3.05, 3.63) is 35.9 Å². The smallest absolute Gasteiger partial charge is 0.0985 e. The Kier molecular flexibility index (Phi) is 4.84. The molecule has 12 heavy (non-hydrogen) atoms. The fourth-order valence-electron chi connectivity index (χ4n) is 0.724. The second-order valence-corrected chi connectivity index (χ2v) is 23.2. The van der Waals surface area contributed by atoms with Crippen molar-refractivity contribution >= 4 is 56.8 Å². The van der Waals surface area contributed by atoms with E-state index in [1.54, 1.807) is 11.4 Å². The first kappa shape index (κ1) is 11.3. The normalized spacial score (nSPS) is 11.5. The molecule has 0 aliphatic rings. The van der Waals surface area contributed by atoms with Crippen molar-refractivity contribution in [3.63, 3.8) is 0 Å². The topological polar surface area (TPSA) is 0 Å². The van der Waals surface area contributed by atoms with Gasteiger partial charge in [-0.1, -0.05) is 53.5 Å². The van der Waals surface area contributed by atoms with Crippen molar-refractivity contribution in [3.8, 4) is 0 Å². The predicted molar refractivity (Wildman–Crippen MR) is 69.9 cm³/mol. The van der Waals surface area contributed by atoms with E-state index in [2.05, 4.69) is 43.1 Å². The van der Waals surface area contributed by atoms with Gasteiger partial charge in [-0.05, 0) is 36.5 Å². The minimum Gasteiger partial charge on any atom is -0.0985 e. The van der Waals surface area contributed by atoms with E-state index in [0.29, 0.717) is 0 Å². The molecule has 66 valence electrons. The minimum absolute atomic E-state index is 0.967. The van der Waals surface area contributed by atoms with Crippen molar-refractivity contribution in [1.82, 2.24) is 0 Å². The third kappa shape index (κ3) is 5.03. The molecule has 0 spiro atoms. The van der Waals surface area contributed by atoms with Gasteiger partial charge in [0.2, 0.25) is 0 Å². The highest BCUT2D eigenvalue weighted by atomic mass is 79.9. The molecular formula is C7H7Br2PS2. The van der Waals surface area contributed by atoms with E-state index in [1.807, 2.05) is 18.2 Å². The lowest BCUT2D eigenvalue weighted by Crippen LogP contribution is -1.74. The Balaban J connectivity index is 2.50. The fraction of sp³-hybridized carbons (Fsp3) is 0.143. The van der Waals surface area contributed by atoms with Crippen LogP contribution in [0.1, 0.15) is 5.56 Å². The predicted octanol–water partition coefficient (Wildman–Crippen LogP) is 4.93. The summed E-state index contributed by atoms with van der Waals surface area (Å²) in [5.41, 5.74) is 1.32. The summed E-state index contributed by atoms with van der Waals surface area (Å²) in [4.78, 5) is 0. The van der Waals surface area contributed by atoms with Crippen LogP contribution in [-0.4, -0.2) is 0 Å². The summed E-state index contributed by atoms with van der Waals surface area (Å²) in [5, 5.41) is 0. The van der Waals surface area contributed by atoms with E-state index in [1.165, 1.54) is 5.56 Å². The monoisotopic (exact) mass is 344 g/mol. The maximum atomic E-state index is 5.19. The standard InChI is InChI=1S/C7H7Br2PS2/c8-10(9,11)12-6-7-4-2-1-3-5-7/h1-5H,6H2. The van der Waals surface area contributed by atoms with Crippen LogP contribution in [0.2, 0.25) is 0 Å². The first-order valence-electron chi connectivity index (χ1n) is 3.26. The zero-order valence-electron chi connectivity index (χ0n) is 6.11. The van der Waals surface area contributed by atoms with Crippen molar-refractivity contribution in [2.45, 2.75) is 5.75 Å². The molecule has 1 aromatic rings. The molecule has 0 aliphatic carbocycles. The highest BCUT2D eigenvalue weighted by Gasteiger charge is 2.06. The van der Waals surface area contributed by atoms with Crippen molar-refractivity contribution in [2.24, 2.45) is 0 Å². The number of rotatable bonds is 3. The van der Waals surface area contributed by atoms with Crippen LogP contribution in [0, 0.1) is 0 Å². The van der Waals surface area contributed by atoms with Crippen molar-refractivity contribution < 1.29 is 0 Å². The van der Waals surface area contributed by atoms with Gasteiger partial charge in [0.05, 0.1) is 0 Å². The highest BCUT2D eigenvalue weighted by molar-refractivity contribution is 9.83. The van der Waals surface area contributed by atoms with Gasteiger partial charge in [-0.25, -0.2) is 0 Å². The van der Waals surface area contributed by atoms with Gasteiger partial charge in [0.1, 0.15) is 2.64 Å². The first-order valence-corrected chi connectivity index (χ1v) is 11.7. The van der Waals surface area contributed by atoms with Gasteiger partial charge in [0, 0.05) is 5.75 Å². The second kappa shape index (κ2) is 5.16. The summed E-state index contributed by atoms with van der Waals surface area (Å²) in [6.07, 6.45) is 0. The van der Waals surface area contributed by atoms with E-state index < -0.39 is 2.64 Å². The fourth-order valence-corrected chi connectivity index (χ4v) is 4.43. The molecule has 1 aromatic carbocycles. The third-order valence-corrected chi connectivity index (χ3v) is 7.91. The molecule has 5 heteroatoms. The van der Waals surface area contributed by atoms with Crippen LogP contribution in [0.25, 0.3) is 0 Å². The van der Waals surface area contributed by atoms with Crippen LogP contribution in [0.3, 0.4) is 0 Å². The molecule has 0 bridgehead atoms. The number of hydrogen-bond acceptors (Lipinski definition) is 2. The van der Waals surface area contributed by atoms with Crippen LogP contribution in [0.15, 0.2) is 30.3 Å². The van der Waals surface area contributed by atoms with Gasteiger partial charge in [0.25, 0.3) is 0 Å². The van der Waals surface area contributed by atoms with Gasteiger partial charge >= 0.3 is 0 Å². The van der Waals surface area contributed by atoms with E-state index in [4.69, 9.17) is 11.8 Å². The lowest BCUT2D eigenvalue weighted by atomic mass is 10.2. The molecule has 0 radical (unpaired) electrons. The van der Waals surface area contributed by atoms with E-state index in [-0.39, 0.29) is 0 Å². The van der Waals surface area contributed by atoms with Crippen LogP contribution < -0.4 is 0 Å². The molecule has 0 aliphatic heterocycles. The Morgan fingerprint density at radius 2 is 1.83 bits per heavy atom. The Morgan fingerprint density at radius 1 is 1.25 bits per heavy atom. The third-order valence-electron chi connectivity index (χ3n) is 1.22. The summed E-state index contributed by atoms with van der Waals surface area (Å²) < 4.78 is -1.46. The molecule has 0 saturated carbocycles. The molecule has 0 atom stereocenters. The Labute approximate surface area is 97.7 Å². The van der Waals surface area contributed by atoms with Gasteiger partial charge in [-0.3, -0.25) is 0 Å². The number of halogens is 2. The largest absolute Gasteiger partial charge is 0.128 e. The quantitative estimate of drug-likeness (QED) is 0.712. The molecule has 0 unspecified atom stereocenters. The van der Waals surface area contributed by atoms with Crippen molar-refractivity contribution in [2.75, 3.05) is 0 Å². The summed E-state index contributed by atoms with van der Waals surface area (Å²) in [6.45, 7) is 0. The van der Waals surface area contributed by atoms with Crippen LogP contribution in [0.4, 0.5) is 0 Å². The average Bonchev–Trinajstić information content (AvgIpc) is 2.02. The van der Waals surface area contributed by atoms with E-state index in [0.717, 1.165) is 5.75 Å². The van der Waals surface area contributed by atoms with E-state index in [9.17, 15) is 0 Å². The maximum Gasteiger partial charge on any atom is 0.128 e. The summed E-state index contributed by atoms with van der Waals surface area (Å²) >= 11 is 13.8. The lowest BCUT2D eigenvalue weighted by molar-refractivity contribution is 1.43. The lowest BCUT2D eigenvalue weighted by Gasteiger charge is -2.04. The molecule has 1 rings (SSSR count). The van der Waals surface area contributed by atoms with E-state index >= 15 is 0 Å². The highest BCUT2D eigenvalue weighted by Crippen LogP contribution is 2.73. The zero-order chi connectivity index (χ0) is 9.03. The van der Waals surface area contributed by atoms with Gasteiger partial charge in [0.15, 0.2) is 0 Å². The molecular weight excluding hydrogens is 339 g/mol. The van der Waals surface area contributed by atoms with Crippen LogP contribution in [-0.2, 0) is 17.6 Å².